The van der Waals surface area contributed by atoms with Gasteiger partial charge in [0.2, 0.25) is 0 Å². The Balaban J connectivity index is 1.77. The normalized spacial score (nSPS) is 20.2. The monoisotopic (exact) mass is 286 g/mol. The topological polar surface area (TPSA) is 0 Å². The van der Waals surface area contributed by atoms with E-state index in [1.165, 1.54) is 69.6 Å². The zero-order chi connectivity index (χ0) is 13.6. The molecule has 0 bridgehead atoms. The second kappa shape index (κ2) is 7.32. The van der Waals surface area contributed by atoms with Gasteiger partial charge in [0.05, 0.1) is 0 Å². The number of hydrogen-bond acceptors (Lipinski definition) is 0. The van der Waals surface area contributed by atoms with Crippen LogP contribution < -0.4 is 0 Å². The van der Waals surface area contributed by atoms with Crippen LogP contribution in [0.2, 0.25) is 0 Å². The van der Waals surface area contributed by atoms with Crippen LogP contribution in [0.15, 0.2) is 30.1 Å². The van der Waals surface area contributed by atoms with E-state index in [4.69, 9.17) is 0 Å². The molecule has 0 amide bonds. The lowest BCUT2D eigenvalue weighted by Gasteiger charge is -2.16. The Bertz CT molecular complexity index is 513. The summed E-state index contributed by atoms with van der Waals surface area (Å²) in [6, 6.07) is 9.04. The molecule has 1 unspecified atom stereocenters. The highest BCUT2D eigenvalue weighted by molar-refractivity contribution is 7.31. The minimum Gasteiger partial charge on any atom is -0.135 e. The van der Waals surface area contributed by atoms with E-state index in [1.807, 2.05) is 0 Å². The van der Waals surface area contributed by atoms with Gasteiger partial charge in [0.25, 0.3) is 0 Å². The summed E-state index contributed by atoms with van der Waals surface area (Å²) in [6.45, 7) is 0. The van der Waals surface area contributed by atoms with Crippen molar-refractivity contribution >= 4 is 19.0 Å². The van der Waals surface area contributed by atoms with Crippen LogP contribution in [0.4, 0.5) is 0 Å². The molecule has 1 saturated carbocycles. The van der Waals surface area contributed by atoms with E-state index in [9.17, 15) is 0 Å². The molecule has 0 radical (unpaired) electrons. The Morgan fingerprint density at radius 2 is 1.35 bits per heavy atom. The Morgan fingerprint density at radius 1 is 0.750 bits per heavy atom. The third-order valence-corrected chi connectivity index (χ3v) is 6.34. The van der Waals surface area contributed by atoms with E-state index in [1.54, 1.807) is 10.7 Å². The predicted molar refractivity (Wildman–Crippen MR) is 92.4 cm³/mol. The SMILES string of the molecule is c1ccc2c(C3CCCCCCCCCC3)[pH]cc2c1. The standard InChI is InChI=1S/C19H27P/c1-2-4-6-8-12-16(11-7-5-3-1)19-18-14-10-9-13-17(18)15-20-19/h9-10,13-16,20H,1-8,11-12H2. The zero-order valence-corrected chi connectivity index (χ0v) is 13.5. The van der Waals surface area contributed by atoms with Crippen LogP contribution in [-0.4, -0.2) is 0 Å². The fraction of sp³-hybridized carbons (Fsp3) is 0.579. The molecule has 3 rings (SSSR count). The van der Waals surface area contributed by atoms with Gasteiger partial charge in [-0.25, -0.2) is 0 Å². The molecule has 0 nitrogen and oxygen atoms in total. The average Bonchev–Trinajstić information content (AvgIpc) is 2.87. The van der Waals surface area contributed by atoms with Gasteiger partial charge in [0.1, 0.15) is 0 Å². The van der Waals surface area contributed by atoms with Crippen molar-refractivity contribution in [3.05, 3.63) is 35.4 Å². The van der Waals surface area contributed by atoms with E-state index in [0.29, 0.717) is 0 Å². The summed E-state index contributed by atoms with van der Waals surface area (Å²) in [5.74, 6) is 3.33. The van der Waals surface area contributed by atoms with Crippen molar-refractivity contribution in [1.29, 1.82) is 0 Å². The van der Waals surface area contributed by atoms with Gasteiger partial charge in [-0.05, 0) is 40.6 Å². The molecule has 0 spiro atoms. The zero-order valence-electron chi connectivity index (χ0n) is 12.5. The summed E-state index contributed by atoms with van der Waals surface area (Å²) in [7, 11) is 0.949. The third-order valence-electron chi connectivity index (χ3n) is 4.90. The van der Waals surface area contributed by atoms with Gasteiger partial charge < -0.3 is 0 Å². The molecule has 1 heteroatoms. The minimum absolute atomic E-state index is 0.867. The lowest BCUT2D eigenvalue weighted by atomic mass is 9.92. The van der Waals surface area contributed by atoms with Gasteiger partial charge in [-0.2, -0.15) is 0 Å². The molecule has 20 heavy (non-hydrogen) atoms. The summed E-state index contributed by atoms with van der Waals surface area (Å²) in [4.78, 5) is 0. The predicted octanol–water partition coefficient (Wildman–Crippen LogP) is 6.87. The average molecular weight is 286 g/mol. The van der Waals surface area contributed by atoms with E-state index in [2.05, 4.69) is 30.1 Å². The first-order valence-corrected chi connectivity index (χ1v) is 9.59. The second-order valence-corrected chi connectivity index (χ2v) is 7.51. The first kappa shape index (κ1) is 14.2. The molecule has 108 valence electrons. The highest BCUT2D eigenvalue weighted by Crippen LogP contribution is 2.40. The maximum Gasteiger partial charge on any atom is -0.0109 e. The van der Waals surface area contributed by atoms with Gasteiger partial charge in [-0.3, -0.25) is 0 Å². The highest BCUT2D eigenvalue weighted by atomic mass is 31.0. The van der Waals surface area contributed by atoms with Crippen molar-refractivity contribution in [1.82, 2.24) is 0 Å². The molecule has 1 atom stereocenters. The highest BCUT2D eigenvalue weighted by Gasteiger charge is 2.15. The van der Waals surface area contributed by atoms with Crippen molar-refractivity contribution in [2.75, 3.05) is 0 Å². The third kappa shape index (κ3) is 3.47. The van der Waals surface area contributed by atoms with Crippen molar-refractivity contribution < 1.29 is 0 Å². The maximum atomic E-state index is 2.47. The summed E-state index contributed by atoms with van der Waals surface area (Å²) >= 11 is 0. The Kier molecular flexibility index (Phi) is 5.20. The van der Waals surface area contributed by atoms with Crippen LogP contribution in [0.3, 0.4) is 0 Å². The van der Waals surface area contributed by atoms with Crippen molar-refractivity contribution in [2.45, 2.75) is 70.1 Å². The molecule has 1 aliphatic rings. The molecular formula is C19H27P. The Morgan fingerprint density at radius 3 is 2.05 bits per heavy atom. The first-order valence-electron chi connectivity index (χ1n) is 8.51. The van der Waals surface area contributed by atoms with E-state index < -0.39 is 0 Å². The summed E-state index contributed by atoms with van der Waals surface area (Å²) in [5, 5.41) is 4.85. The maximum absolute atomic E-state index is 2.47. The molecule has 1 heterocycles. The van der Waals surface area contributed by atoms with Crippen LogP contribution in [-0.2, 0) is 0 Å². The molecule has 1 aliphatic carbocycles. The quantitative estimate of drug-likeness (QED) is 0.536. The Labute approximate surface area is 125 Å². The van der Waals surface area contributed by atoms with Crippen LogP contribution in [0, 0.1) is 0 Å². The lowest BCUT2D eigenvalue weighted by molar-refractivity contribution is 0.522. The van der Waals surface area contributed by atoms with Gasteiger partial charge in [-0.1, -0.05) is 75.6 Å². The van der Waals surface area contributed by atoms with E-state index in [-0.39, 0.29) is 0 Å². The minimum atomic E-state index is 0.867. The van der Waals surface area contributed by atoms with Crippen molar-refractivity contribution in [3.8, 4) is 0 Å². The van der Waals surface area contributed by atoms with Crippen molar-refractivity contribution in [2.24, 2.45) is 0 Å². The van der Waals surface area contributed by atoms with Gasteiger partial charge in [0.15, 0.2) is 0 Å². The molecule has 0 aliphatic heterocycles. The van der Waals surface area contributed by atoms with Crippen LogP contribution in [0.1, 0.15) is 75.4 Å². The molecule has 1 aromatic heterocycles. The summed E-state index contributed by atoms with van der Waals surface area (Å²) in [5.41, 5.74) is 0. The van der Waals surface area contributed by atoms with Crippen LogP contribution in [0.25, 0.3) is 10.8 Å². The molecular weight excluding hydrogens is 259 g/mol. The molecule has 2 aromatic rings. The smallest absolute Gasteiger partial charge is 0.0109 e. The van der Waals surface area contributed by atoms with Gasteiger partial charge in [-0.15, -0.1) is 8.19 Å². The second-order valence-electron chi connectivity index (χ2n) is 6.39. The molecule has 0 saturated heterocycles. The van der Waals surface area contributed by atoms with Gasteiger partial charge >= 0.3 is 0 Å². The van der Waals surface area contributed by atoms with E-state index >= 15 is 0 Å². The number of hydrogen-bond donors (Lipinski definition) is 0. The summed E-state index contributed by atoms with van der Waals surface area (Å²) < 4.78 is 0. The first-order chi connectivity index (χ1) is 9.95. The van der Waals surface area contributed by atoms with Crippen molar-refractivity contribution in [3.63, 3.8) is 0 Å². The Hall–Kier alpha value is -0.740. The molecule has 1 aromatic carbocycles. The number of fused-ring (bicyclic) bond motifs is 1. The summed E-state index contributed by atoms with van der Waals surface area (Å²) in [6.07, 6.45) is 14.5. The van der Waals surface area contributed by atoms with Crippen LogP contribution >= 0.6 is 8.19 Å². The largest absolute Gasteiger partial charge is 0.135 e. The molecule has 1 fully saturated rings. The fourth-order valence-electron chi connectivity index (χ4n) is 3.71. The van der Waals surface area contributed by atoms with Crippen LogP contribution in [0.5, 0.6) is 0 Å². The fourth-order valence-corrected chi connectivity index (χ4v) is 5.18. The number of benzene rings is 1. The van der Waals surface area contributed by atoms with Gasteiger partial charge in [0, 0.05) is 0 Å². The van der Waals surface area contributed by atoms with E-state index in [0.717, 1.165) is 14.1 Å². The lowest BCUT2D eigenvalue weighted by Crippen LogP contribution is -1.97. The number of rotatable bonds is 1. The molecule has 0 N–H and O–H groups in total.